The summed E-state index contributed by atoms with van der Waals surface area (Å²) >= 11 is 1.78. The Morgan fingerprint density at radius 2 is 2.04 bits per heavy atom. The third kappa shape index (κ3) is 2.73. The van der Waals surface area contributed by atoms with Gasteiger partial charge in [0.2, 0.25) is 0 Å². The van der Waals surface area contributed by atoms with Gasteiger partial charge < -0.3 is 10.6 Å². The fourth-order valence-electron chi connectivity index (χ4n) is 3.91. The summed E-state index contributed by atoms with van der Waals surface area (Å²) < 4.78 is 1.30. The Hall–Kier alpha value is -1.81. The molecule has 2 aliphatic carbocycles. The van der Waals surface area contributed by atoms with Gasteiger partial charge in [0.05, 0.1) is 5.35 Å². The number of aromatic nitrogens is 1. The topological polar surface area (TPSA) is 42.1 Å². The van der Waals surface area contributed by atoms with Crippen molar-refractivity contribution in [3.05, 3.63) is 34.3 Å². The van der Waals surface area contributed by atoms with Gasteiger partial charge in [-0.3, -0.25) is 0 Å². The Bertz CT molecular complexity index is 891. The molecule has 0 bridgehead atoms. The van der Waals surface area contributed by atoms with Crippen LogP contribution in [0.3, 0.4) is 0 Å². The molecular formula is C20H25N3S. The minimum Gasteiger partial charge on any atom is -0.399 e. The van der Waals surface area contributed by atoms with E-state index in [0.717, 1.165) is 28.2 Å². The molecule has 0 radical (unpaired) electrons. The molecule has 2 aromatic heterocycles. The fourth-order valence-corrected chi connectivity index (χ4v) is 4.89. The highest BCUT2D eigenvalue weighted by Gasteiger charge is 2.44. The van der Waals surface area contributed by atoms with Crippen LogP contribution in [0.5, 0.6) is 0 Å². The summed E-state index contributed by atoms with van der Waals surface area (Å²) in [5, 5.41) is 5.54. The van der Waals surface area contributed by atoms with E-state index in [9.17, 15) is 0 Å². The van der Waals surface area contributed by atoms with Crippen LogP contribution in [0.1, 0.15) is 32.6 Å². The first kappa shape index (κ1) is 15.7. The molecule has 2 saturated carbocycles. The zero-order valence-corrected chi connectivity index (χ0v) is 15.3. The molecule has 0 atom stereocenters. The molecule has 0 spiro atoms. The van der Waals surface area contributed by atoms with Gasteiger partial charge in [-0.25, -0.2) is 4.98 Å². The number of hydrogen-bond acceptors (Lipinski definition) is 4. The van der Waals surface area contributed by atoms with Crippen molar-refractivity contribution in [2.24, 2.45) is 17.6 Å². The van der Waals surface area contributed by atoms with Gasteiger partial charge in [0, 0.05) is 34.1 Å². The maximum Gasteiger partial charge on any atom is 0.138 e. The lowest BCUT2D eigenvalue weighted by molar-refractivity contribution is 0.501. The van der Waals surface area contributed by atoms with Crippen LogP contribution in [0.25, 0.3) is 22.2 Å². The minimum absolute atomic E-state index is 0.552. The van der Waals surface area contributed by atoms with E-state index in [1.165, 1.54) is 35.8 Å². The molecule has 0 aromatic carbocycles. The second-order valence-corrected chi connectivity index (χ2v) is 8.10. The lowest BCUT2D eigenvalue weighted by Crippen LogP contribution is -2.39. The van der Waals surface area contributed by atoms with Gasteiger partial charge in [0.25, 0.3) is 0 Å². The first-order valence-corrected chi connectivity index (χ1v) is 9.70. The molecule has 0 amide bonds. The second-order valence-electron chi connectivity index (χ2n) is 7.18. The summed E-state index contributed by atoms with van der Waals surface area (Å²) in [5.74, 6) is 2.81. The smallest absolute Gasteiger partial charge is 0.138 e. The number of anilines is 1. The van der Waals surface area contributed by atoms with Gasteiger partial charge in [0.15, 0.2) is 0 Å². The average Bonchev–Trinajstić information content (AvgIpc) is 3.47. The van der Waals surface area contributed by atoms with Gasteiger partial charge in [-0.1, -0.05) is 12.7 Å². The number of rotatable bonds is 5. The van der Waals surface area contributed by atoms with Crippen molar-refractivity contribution in [3.63, 3.8) is 0 Å². The quantitative estimate of drug-likeness (QED) is 0.911. The highest BCUT2D eigenvalue weighted by atomic mass is 32.1. The van der Waals surface area contributed by atoms with Gasteiger partial charge in [-0.2, -0.15) is 0 Å². The van der Waals surface area contributed by atoms with Crippen LogP contribution >= 0.6 is 11.3 Å². The lowest BCUT2D eigenvalue weighted by atomic mass is 10.1. The van der Waals surface area contributed by atoms with Crippen LogP contribution in [-0.4, -0.2) is 18.1 Å². The van der Waals surface area contributed by atoms with E-state index in [2.05, 4.69) is 43.0 Å². The number of thiophene rings is 1. The summed E-state index contributed by atoms with van der Waals surface area (Å²) in [6.45, 7) is 5.90. The zero-order valence-electron chi connectivity index (χ0n) is 14.5. The first-order valence-electron chi connectivity index (χ1n) is 8.82. The third-order valence-corrected chi connectivity index (χ3v) is 6.20. The largest absolute Gasteiger partial charge is 0.399 e. The molecule has 4 rings (SSSR count). The summed E-state index contributed by atoms with van der Waals surface area (Å²) in [6, 6.07) is 2.86. The summed E-state index contributed by atoms with van der Waals surface area (Å²) in [4.78, 5) is 7.49. The molecule has 2 fully saturated rings. The molecule has 24 heavy (non-hydrogen) atoms. The molecular weight excluding hydrogens is 314 g/mol. The normalized spacial score (nSPS) is 19.5. The van der Waals surface area contributed by atoms with Gasteiger partial charge in [0.1, 0.15) is 5.82 Å². The molecule has 126 valence electrons. The van der Waals surface area contributed by atoms with Crippen LogP contribution < -0.4 is 21.2 Å². The van der Waals surface area contributed by atoms with Crippen molar-refractivity contribution in [2.75, 3.05) is 11.9 Å². The summed E-state index contributed by atoms with van der Waals surface area (Å²) in [6.07, 6.45) is 9.52. The Kier molecular flexibility index (Phi) is 3.87. The SMILES string of the molecule is C=C(N)/C=c1/nc(N(C)C(C2CC2)C2CC2)c2ccsc2/c1=C/C. The van der Waals surface area contributed by atoms with E-state index in [4.69, 9.17) is 10.7 Å². The Balaban J connectivity index is 1.91. The van der Waals surface area contributed by atoms with Crippen LogP contribution in [-0.2, 0) is 0 Å². The van der Waals surface area contributed by atoms with E-state index in [-0.39, 0.29) is 0 Å². The van der Waals surface area contributed by atoms with Crippen molar-refractivity contribution < 1.29 is 0 Å². The molecule has 4 heteroatoms. The molecule has 3 nitrogen and oxygen atoms in total. The molecule has 2 aromatic rings. The predicted molar refractivity (Wildman–Crippen MR) is 104 cm³/mol. The van der Waals surface area contributed by atoms with Crippen molar-refractivity contribution in [1.29, 1.82) is 0 Å². The van der Waals surface area contributed by atoms with Crippen LogP contribution in [0.15, 0.2) is 23.7 Å². The number of hydrogen-bond donors (Lipinski definition) is 1. The fraction of sp³-hybridized carbons (Fsp3) is 0.450. The molecule has 2 aliphatic rings. The number of allylic oxidation sites excluding steroid dienone is 1. The van der Waals surface area contributed by atoms with Crippen molar-refractivity contribution in [3.8, 4) is 0 Å². The van der Waals surface area contributed by atoms with E-state index >= 15 is 0 Å². The molecule has 0 saturated heterocycles. The van der Waals surface area contributed by atoms with Crippen LogP contribution in [0.2, 0.25) is 0 Å². The molecule has 2 heterocycles. The van der Waals surface area contributed by atoms with Crippen molar-refractivity contribution >= 4 is 39.4 Å². The average molecular weight is 340 g/mol. The van der Waals surface area contributed by atoms with E-state index in [1.807, 2.05) is 6.08 Å². The number of nitrogens with zero attached hydrogens (tertiary/aromatic N) is 2. The monoisotopic (exact) mass is 339 g/mol. The van der Waals surface area contributed by atoms with Crippen LogP contribution in [0.4, 0.5) is 5.82 Å². The van der Waals surface area contributed by atoms with E-state index in [1.54, 1.807) is 11.3 Å². The number of fused-ring (bicyclic) bond motifs is 1. The summed E-state index contributed by atoms with van der Waals surface area (Å²) in [7, 11) is 2.23. The highest BCUT2D eigenvalue weighted by Crippen LogP contribution is 2.48. The van der Waals surface area contributed by atoms with Crippen molar-refractivity contribution in [2.45, 2.75) is 38.6 Å². The number of pyridine rings is 1. The molecule has 0 unspecified atom stereocenters. The Morgan fingerprint density at radius 3 is 2.58 bits per heavy atom. The Labute approximate surface area is 147 Å². The molecule has 0 aliphatic heterocycles. The predicted octanol–water partition coefficient (Wildman–Crippen LogP) is 2.97. The standard InChI is InChI=1S/C20H25N3S/c1-4-15-17(11-12(2)21)22-20(16-9-10-24-19(15)16)23(3)18(13-5-6-13)14-7-8-14/h4,9-11,13-14,18H,2,5-8,21H2,1,3H3/b15-4+,17-11+. The van der Waals surface area contributed by atoms with Gasteiger partial charge in [-0.15, -0.1) is 11.3 Å². The number of nitrogens with two attached hydrogens (primary N) is 1. The van der Waals surface area contributed by atoms with E-state index < -0.39 is 0 Å². The van der Waals surface area contributed by atoms with Gasteiger partial charge in [-0.05, 0) is 62.0 Å². The maximum atomic E-state index is 5.86. The van der Waals surface area contributed by atoms with E-state index in [0.29, 0.717) is 11.7 Å². The highest BCUT2D eigenvalue weighted by molar-refractivity contribution is 7.17. The molecule has 2 N–H and O–H groups in total. The summed E-state index contributed by atoms with van der Waals surface area (Å²) in [5.41, 5.74) is 6.41. The Morgan fingerprint density at radius 1 is 1.38 bits per heavy atom. The van der Waals surface area contributed by atoms with Gasteiger partial charge >= 0.3 is 0 Å². The minimum atomic E-state index is 0.552. The lowest BCUT2D eigenvalue weighted by Gasteiger charge is -2.30. The van der Waals surface area contributed by atoms with Crippen LogP contribution in [0, 0.1) is 11.8 Å². The first-order chi connectivity index (χ1) is 11.6. The zero-order chi connectivity index (χ0) is 16.8. The second kappa shape index (κ2) is 5.92. The van der Waals surface area contributed by atoms with Crippen molar-refractivity contribution in [1.82, 2.24) is 4.98 Å². The third-order valence-electron chi connectivity index (χ3n) is 5.26. The maximum absolute atomic E-state index is 5.86.